The van der Waals surface area contributed by atoms with E-state index in [2.05, 4.69) is 17.6 Å². The molecule has 0 saturated heterocycles. The Hall–Kier alpha value is -3.30. The summed E-state index contributed by atoms with van der Waals surface area (Å²) < 4.78 is 5.27. The number of hydrogen-bond donors (Lipinski definition) is 4. The van der Waals surface area contributed by atoms with Crippen LogP contribution < -0.4 is 16.4 Å². The molecule has 0 spiro atoms. The lowest BCUT2D eigenvalue weighted by molar-refractivity contribution is -0.145. The zero-order valence-electron chi connectivity index (χ0n) is 22.3. The van der Waals surface area contributed by atoms with E-state index in [1.807, 2.05) is 6.92 Å². The van der Waals surface area contributed by atoms with E-state index in [1.54, 1.807) is 39.8 Å². The number of phenolic OH excluding ortho intramolecular Hbond substituents is 1. The number of hydrogen-bond acceptors (Lipinski definition) is 6. The number of nitrogens with zero attached hydrogens (tertiary/aromatic N) is 1. The molecule has 4 amide bonds. The van der Waals surface area contributed by atoms with Gasteiger partial charge in [0.05, 0.1) is 6.42 Å². The smallest absolute Gasteiger partial charge is 0.408 e. The molecule has 0 radical (unpaired) electrons. The molecule has 10 heteroatoms. The van der Waals surface area contributed by atoms with Gasteiger partial charge in [0.2, 0.25) is 17.7 Å². The monoisotopic (exact) mass is 506 g/mol. The number of phenols is 1. The third-order valence-electron chi connectivity index (χ3n) is 5.51. The van der Waals surface area contributed by atoms with Gasteiger partial charge in [-0.1, -0.05) is 38.8 Å². The number of benzene rings is 1. The molecule has 0 aliphatic rings. The van der Waals surface area contributed by atoms with Crippen molar-refractivity contribution < 1.29 is 29.0 Å². The highest BCUT2D eigenvalue weighted by Crippen LogP contribution is 2.28. The fraction of sp³-hybridized carbons (Fsp3) is 0.615. The first-order chi connectivity index (χ1) is 16.8. The Morgan fingerprint density at radius 2 is 1.81 bits per heavy atom. The van der Waals surface area contributed by atoms with Crippen LogP contribution in [0.3, 0.4) is 0 Å². The highest BCUT2D eigenvalue weighted by molar-refractivity contribution is 5.94. The van der Waals surface area contributed by atoms with Crippen LogP contribution in [0, 0.1) is 0 Å². The summed E-state index contributed by atoms with van der Waals surface area (Å²) in [5.41, 5.74) is 4.95. The Morgan fingerprint density at radius 1 is 1.14 bits per heavy atom. The number of ether oxygens (including phenoxy) is 1. The van der Waals surface area contributed by atoms with Crippen molar-refractivity contribution in [2.75, 3.05) is 6.54 Å². The molecule has 5 N–H and O–H groups in total. The molecular formula is C26H42N4O6. The summed E-state index contributed by atoms with van der Waals surface area (Å²) >= 11 is 0. The number of amides is 4. The number of rotatable bonds is 13. The van der Waals surface area contributed by atoms with Crippen LogP contribution in [-0.4, -0.2) is 58.1 Å². The molecule has 0 aromatic heterocycles. The topological polar surface area (TPSA) is 151 Å². The van der Waals surface area contributed by atoms with Crippen molar-refractivity contribution >= 4 is 23.8 Å². The Balaban J connectivity index is 3.46. The van der Waals surface area contributed by atoms with E-state index in [0.29, 0.717) is 18.5 Å². The predicted octanol–water partition coefficient (Wildman–Crippen LogP) is 3.14. The maximum Gasteiger partial charge on any atom is 0.408 e. The second kappa shape index (κ2) is 14.3. The van der Waals surface area contributed by atoms with Crippen LogP contribution in [0.5, 0.6) is 5.75 Å². The maximum absolute atomic E-state index is 13.9. The van der Waals surface area contributed by atoms with Crippen LogP contribution >= 0.6 is 0 Å². The maximum atomic E-state index is 13.9. The normalized spacial score (nSPS) is 13.7. The van der Waals surface area contributed by atoms with Crippen molar-refractivity contribution in [2.24, 2.45) is 5.73 Å². The van der Waals surface area contributed by atoms with Gasteiger partial charge in [0.25, 0.3) is 0 Å². The summed E-state index contributed by atoms with van der Waals surface area (Å²) in [5.74, 6) is -1.95. The average molecular weight is 507 g/mol. The standard InChI is InChI=1S/C26H42N4O6/c1-7-9-10-14-28-23(33)22(18-12-11-13-19(31)15-18)30(17(3)8-2)24(34)20(16-21(27)32)29-25(35)36-26(4,5)6/h11-13,15,17,20,22,31H,7-10,14,16H2,1-6H3,(H2,27,32)(H,28,33)(H,29,35). The van der Waals surface area contributed by atoms with Gasteiger partial charge in [-0.05, 0) is 58.2 Å². The molecule has 10 nitrogen and oxygen atoms in total. The van der Waals surface area contributed by atoms with Crippen molar-refractivity contribution in [3.63, 3.8) is 0 Å². The van der Waals surface area contributed by atoms with E-state index < -0.39 is 54.0 Å². The zero-order valence-corrected chi connectivity index (χ0v) is 22.3. The summed E-state index contributed by atoms with van der Waals surface area (Å²) in [6, 6.07) is 3.20. The molecule has 202 valence electrons. The van der Waals surface area contributed by atoms with Gasteiger partial charge in [-0.3, -0.25) is 14.4 Å². The van der Waals surface area contributed by atoms with E-state index in [1.165, 1.54) is 17.0 Å². The van der Waals surface area contributed by atoms with Gasteiger partial charge >= 0.3 is 6.09 Å². The molecule has 1 aromatic rings. The van der Waals surface area contributed by atoms with Crippen molar-refractivity contribution in [3.8, 4) is 5.75 Å². The summed E-state index contributed by atoms with van der Waals surface area (Å²) in [6.07, 6.45) is 1.82. The molecule has 0 bridgehead atoms. The first kappa shape index (κ1) is 30.7. The third kappa shape index (κ3) is 10.1. The zero-order chi connectivity index (χ0) is 27.5. The van der Waals surface area contributed by atoms with Crippen LogP contribution in [-0.2, 0) is 19.1 Å². The molecule has 0 heterocycles. The molecule has 3 unspecified atom stereocenters. The molecule has 0 saturated carbocycles. The van der Waals surface area contributed by atoms with Gasteiger partial charge in [0.1, 0.15) is 23.4 Å². The molecule has 1 aromatic carbocycles. The van der Waals surface area contributed by atoms with Gasteiger partial charge in [-0.15, -0.1) is 0 Å². The fourth-order valence-electron chi connectivity index (χ4n) is 3.64. The van der Waals surface area contributed by atoms with Gasteiger partial charge in [0, 0.05) is 12.6 Å². The average Bonchev–Trinajstić information content (AvgIpc) is 2.77. The van der Waals surface area contributed by atoms with E-state index >= 15 is 0 Å². The first-order valence-electron chi connectivity index (χ1n) is 12.5. The van der Waals surface area contributed by atoms with Gasteiger partial charge in [-0.25, -0.2) is 4.79 Å². The fourth-order valence-corrected chi connectivity index (χ4v) is 3.64. The predicted molar refractivity (Wildman–Crippen MR) is 137 cm³/mol. The molecule has 0 aliphatic carbocycles. The molecule has 36 heavy (non-hydrogen) atoms. The Labute approximate surface area is 213 Å². The van der Waals surface area contributed by atoms with Crippen LogP contribution in [0.25, 0.3) is 0 Å². The van der Waals surface area contributed by atoms with Gasteiger partial charge in [0.15, 0.2) is 0 Å². The highest BCUT2D eigenvalue weighted by Gasteiger charge is 2.39. The number of nitrogens with one attached hydrogen (secondary N) is 2. The Morgan fingerprint density at radius 3 is 2.33 bits per heavy atom. The summed E-state index contributed by atoms with van der Waals surface area (Å²) in [4.78, 5) is 52.9. The van der Waals surface area contributed by atoms with Crippen LogP contribution in [0.4, 0.5) is 4.79 Å². The van der Waals surface area contributed by atoms with Crippen LogP contribution in [0.1, 0.15) is 85.3 Å². The first-order valence-corrected chi connectivity index (χ1v) is 12.5. The largest absolute Gasteiger partial charge is 0.508 e. The number of nitrogens with two attached hydrogens (primary N) is 1. The Kier molecular flexibility index (Phi) is 12.2. The number of primary amides is 1. The van der Waals surface area contributed by atoms with Gasteiger partial charge in [-0.2, -0.15) is 0 Å². The van der Waals surface area contributed by atoms with Crippen molar-refractivity contribution in [2.45, 2.75) is 97.4 Å². The van der Waals surface area contributed by atoms with Gasteiger partial charge < -0.3 is 31.1 Å². The molecular weight excluding hydrogens is 464 g/mol. The minimum absolute atomic E-state index is 0.0617. The van der Waals surface area contributed by atoms with Crippen molar-refractivity contribution in [3.05, 3.63) is 29.8 Å². The van der Waals surface area contributed by atoms with E-state index in [9.17, 15) is 24.3 Å². The van der Waals surface area contributed by atoms with E-state index in [0.717, 1.165) is 19.3 Å². The number of carbonyl (C=O) groups is 4. The lowest BCUT2D eigenvalue weighted by Gasteiger charge is -2.38. The lowest BCUT2D eigenvalue weighted by atomic mass is 9.99. The third-order valence-corrected chi connectivity index (χ3v) is 5.51. The molecule has 0 fully saturated rings. The number of unbranched alkanes of at least 4 members (excludes halogenated alkanes) is 2. The van der Waals surface area contributed by atoms with E-state index in [4.69, 9.17) is 10.5 Å². The molecule has 3 atom stereocenters. The number of alkyl carbamates (subject to hydrolysis) is 1. The number of carbonyl (C=O) groups excluding carboxylic acids is 4. The second-order valence-corrected chi connectivity index (χ2v) is 9.87. The van der Waals surface area contributed by atoms with Crippen LogP contribution in [0.15, 0.2) is 24.3 Å². The summed E-state index contributed by atoms with van der Waals surface area (Å²) in [6.45, 7) is 11.1. The second-order valence-electron chi connectivity index (χ2n) is 9.87. The van der Waals surface area contributed by atoms with Crippen LogP contribution in [0.2, 0.25) is 0 Å². The number of aromatic hydroxyl groups is 1. The SMILES string of the molecule is CCCCCNC(=O)C(c1cccc(O)c1)N(C(=O)C(CC(N)=O)NC(=O)OC(C)(C)C)C(C)CC. The molecule has 1 rings (SSSR count). The minimum Gasteiger partial charge on any atom is -0.508 e. The minimum atomic E-state index is -1.35. The Bertz CT molecular complexity index is 899. The quantitative estimate of drug-likeness (QED) is 0.302. The van der Waals surface area contributed by atoms with Crippen molar-refractivity contribution in [1.82, 2.24) is 15.5 Å². The van der Waals surface area contributed by atoms with E-state index in [-0.39, 0.29) is 5.75 Å². The highest BCUT2D eigenvalue weighted by atomic mass is 16.6. The molecule has 0 aliphatic heterocycles. The summed E-state index contributed by atoms with van der Waals surface area (Å²) in [7, 11) is 0. The lowest BCUT2D eigenvalue weighted by Crippen LogP contribution is -2.56. The summed E-state index contributed by atoms with van der Waals surface area (Å²) in [5, 5.41) is 15.4. The van der Waals surface area contributed by atoms with Crippen molar-refractivity contribution in [1.29, 1.82) is 0 Å².